The highest BCUT2D eigenvalue weighted by Gasteiger charge is 2.23. The third-order valence-corrected chi connectivity index (χ3v) is 5.45. The molecule has 1 amide bonds. The first kappa shape index (κ1) is 23.2. The normalized spacial score (nSPS) is 20.7. The van der Waals surface area contributed by atoms with Gasteiger partial charge in [0.05, 0.1) is 25.0 Å². The van der Waals surface area contributed by atoms with Crippen molar-refractivity contribution in [1.82, 2.24) is 14.9 Å². The van der Waals surface area contributed by atoms with Gasteiger partial charge in [0.1, 0.15) is 5.60 Å². The molecule has 1 saturated carbocycles. The minimum absolute atomic E-state index is 0.233. The lowest BCUT2D eigenvalue weighted by atomic mass is 9.87. The number of imidazole rings is 1. The molecule has 7 heteroatoms. The fourth-order valence-electron chi connectivity index (χ4n) is 3.80. The van der Waals surface area contributed by atoms with Crippen molar-refractivity contribution in [3.05, 3.63) is 18.2 Å². The Kier molecular flexibility index (Phi) is 8.53. The second-order valence-electron chi connectivity index (χ2n) is 9.22. The lowest BCUT2D eigenvalue weighted by Gasteiger charge is -2.26. The van der Waals surface area contributed by atoms with Crippen LogP contribution < -0.4 is 5.32 Å². The van der Waals surface area contributed by atoms with Gasteiger partial charge in [0.2, 0.25) is 0 Å². The number of hydrogen-bond acceptors (Lipinski definition) is 5. The Balaban J connectivity index is 1.83. The molecule has 1 N–H and O–H groups in total. The summed E-state index contributed by atoms with van der Waals surface area (Å²) in [5.41, 5.74) is 0.396. The number of ether oxygens (including phenoxy) is 2. The Morgan fingerprint density at radius 1 is 1.28 bits per heavy atom. The molecule has 1 aliphatic carbocycles. The molecule has 0 aliphatic heterocycles. The predicted octanol–water partition coefficient (Wildman–Crippen LogP) is 4.27. The number of methoxy groups -OCH3 is 1. The van der Waals surface area contributed by atoms with Gasteiger partial charge in [0, 0.05) is 25.2 Å². The molecule has 0 unspecified atom stereocenters. The number of carbonyl (C=O) groups excluding carboxylic acids is 2. The Labute approximate surface area is 174 Å². The molecular weight excluding hydrogens is 370 g/mol. The zero-order chi connectivity index (χ0) is 21.4. The average Bonchev–Trinajstić information content (AvgIpc) is 3.11. The van der Waals surface area contributed by atoms with Gasteiger partial charge < -0.3 is 19.4 Å². The van der Waals surface area contributed by atoms with Crippen LogP contribution in [0.3, 0.4) is 0 Å². The first-order valence-electron chi connectivity index (χ1n) is 10.7. The van der Waals surface area contributed by atoms with Gasteiger partial charge in [-0.1, -0.05) is 6.92 Å². The molecule has 1 aromatic heterocycles. The third-order valence-electron chi connectivity index (χ3n) is 5.45. The molecule has 1 atom stereocenters. The zero-order valence-corrected chi connectivity index (χ0v) is 18.6. The molecule has 0 radical (unpaired) electrons. The van der Waals surface area contributed by atoms with Gasteiger partial charge in [0.15, 0.2) is 0 Å². The fourth-order valence-corrected chi connectivity index (χ4v) is 3.80. The smallest absolute Gasteiger partial charge is 0.407 e. The summed E-state index contributed by atoms with van der Waals surface area (Å²) >= 11 is 0. The standard InChI is InChI=1S/C22H37N3O4/c1-16-8-10-19(11-9-16)25-14-18(24-15-25)13-17(20(26)28-5)7-6-12-23-21(27)29-22(2,3)4/h14-17,19H,6-13H2,1-5H3,(H,23,27)/t16?,17-,19?/m1/s1. The summed E-state index contributed by atoms with van der Waals surface area (Å²) in [6.07, 6.45) is 10.3. The number of hydrogen-bond donors (Lipinski definition) is 1. The molecule has 29 heavy (non-hydrogen) atoms. The van der Waals surface area contributed by atoms with Crippen LogP contribution in [-0.2, 0) is 20.7 Å². The molecule has 7 nitrogen and oxygen atoms in total. The van der Waals surface area contributed by atoms with Gasteiger partial charge in [-0.3, -0.25) is 4.79 Å². The van der Waals surface area contributed by atoms with Crippen LogP contribution in [0.4, 0.5) is 4.79 Å². The average molecular weight is 408 g/mol. The Bertz CT molecular complexity index is 657. The Hall–Kier alpha value is -2.05. The van der Waals surface area contributed by atoms with Crippen molar-refractivity contribution in [2.75, 3.05) is 13.7 Å². The van der Waals surface area contributed by atoms with Crippen LogP contribution >= 0.6 is 0 Å². The van der Waals surface area contributed by atoms with Crippen molar-refractivity contribution >= 4 is 12.1 Å². The van der Waals surface area contributed by atoms with Gasteiger partial charge >= 0.3 is 12.1 Å². The summed E-state index contributed by atoms with van der Waals surface area (Å²) in [6.45, 7) is 8.25. The van der Waals surface area contributed by atoms with Crippen LogP contribution in [0, 0.1) is 11.8 Å². The lowest BCUT2D eigenvalue weighted by Crippen LogP contribution is -2.33. The molecule has 0 saturated heterocycles. The van der Waals surface area contributed by atoms with Gasteiger partial charge in [-0.25, -0.2) is 9.78 Å². The van der Waals surface area contributed by atoms with E-state index in [2.05, 4.69) is 28.0 Å². The van der Waals surface area contributed by atoms with Gasteiger partial charge in [-0.05, 0) is 65.2 Å². The van der Waals surface area contributed by atoms with Crippen molar-refractivity contribution in [2.24, 2.45) is 11.8 Å². The SMILES string of the molecule is COC(=O)[C@H](CCCNC(=O)OC(C)(C)C)Cc1cn(C2CCC(C)CC2)cn1. The molecule has 164 valence electrons. The number of nitrogens with zero attached hydrogens (tertiary/aromatic N) is 2. The predicted molar refractivity (Wildman–Crippen MR) is 112 cm³/mol. The van der Waals surface area contributed by atoms with Crippen LogP contribution in [-0.4, -0.2) is 40.9 Å². The van der Waals surface area contributed by atoms with Crippen molar-refractivity contribution in [1.29, 1.82) is 0 Å². The van der Waals surface area contributed by atoms with E-state index < -0.39 is 11.7 Å². The van der Waals surface area contributed by atoms with E-state index in [0.29, 0.717) is 31.8 Å². The van der Waals surface area contributed by atoms with Crippen molar-refractivity contribution in [3.8, 4) is 0 Å². The van der Waals surface area contributed by atoms with Crippen LogP contribution in [0.5, 0.6) is 0 Å². The number of esters is 1. The zero-order valence-electron chi connectivity index (χ0n) is 18.6. The summed E-state index contributed by atoms with van der Waals surface area (Å²) in [5.74, 6) is 0.311. The minimum Gasteiger partial charge on any atom is -0.469 e. The number of nitrogens with one attached hydrogen (secondary N) is 1. The molecule has 1 fully saturated rings. The van der Waals surface area contributed by atoms with Crippen molar-refractivity contribution in [2.45, 2.75) is 84.3 Å². The van der Waals surface area contributed by atoms with E-state index in [0.717, 1.165) is 11.6 Å². The monoisotopic (exact) mass is 407 g/mol. The maximum atomic E-state index is 12.2. The first-order valence-corrected chi connectivity index (χ1v) is 10.7. The molecular formula is C22H37N3O4. The summed E-state index contributed by atoms with van der Waals surface area (Å²) in [5, 5.41) is 2.73. The van der Waals surface area contributed by atoms with Crippen LogP contribution in [0.15, 0.2) is 12.5 Å². The van der Waals surface area contributed by atoms with Crippen LogP contribution in [0.25, 0.3) is 0 Å². The van der Waals surface area contributed by atoms with Crippen molar-refractivity contribution in [3.63, 3.8) is 0 Å². The summed E-state index contributed by atoms with van der Waals surface area (Å²) in [4.78, 5) is 28.5. The molecule has 2 rings (SSSR count). The number of rotatable bonds is 8. The van der Waals surface area contributed by atoms with E-state index in [1.165, 1.54) is 32.8 Å². The highest BCUT2D eigenvalue weighted by atomic mass is 16.6. The summed E-state index contributed by atoms with van der Waals surface area (Å²) in [7, 11) is 1.41. The quantitative estimate of drug-likeness (QED) is 0.514. The maximum absolute atomic E-state index is 12.2. The second-order valence-corrected chi connectivity index (χ2v) is 9.22. The van der Waals surface area contributed by atoms with Crippen molar-refractivity contribution < 1.29 is 19.1 Å². The van der Waals surface area contributed by atoms with Gasteiger partial charge in [0.25, 0.3) is 0 Å². The van der Waals surface area contributed by atoms with E-state index in [1.54, 1.807) is 0 Å². The molecule has 1 heterocycles. The number of amides is 1. The Morgan fingerprint density at radius 3 is 2.59 bits per heavy atom. The minimum atomic E-state index is -0.520. The number of aromatic nitrogens is 2. The molecule has 0 bridgehead atoms. The molecule has 1 aromatic rings. The Morgan fingerprint density at radius 2 is 1.97 bits per heavy atom. The molecule has 0 spiro atoms. The largest absolute Gasteiger partial charge is 0.469 e. The maximum Gasteiger partial charge on any atom is 0.407 e. The van der Waals surface area contributed by atoms with E-state index >= 15 is 0 Å². The topological polar surface area (TPSA) is 82.5 Å². The molecule has 1 aliphatic rings. The van der Waals surface area contributed by atoms with E-state index in [4.69, 9.17) is 9.47 Å². The second kappa shape index (κ2) is 10.6. The molecule has 0 aromatic carbocycles. The van der Waals surface area contributed by atoms with E-state index in [-0.39, 0.29) is 11.9 Å². The third kappa shape index (κ3) is 8.07. The lowest BCUT2D eigenvalue weighted by molar-refractivity contribution is -0.145. The fraction of sp³-hybridized carbons (Fsp3) is 0.773. The van der Waals surface area contributed by atoms with Gasteiger partial charge in [-0.2, -0.15) is 0 Å². The number of alkyl carbamates (subject to hydrolysis) is 1. The van der Waals surface area contributed by atoms with Gasteiger partial charge in [-0.15, -0.1) is 0 Å². The van der Waals surface area contributed by atoms with E-state index in [9.17, 15) is 9.59 Å². The highest BCUT2D eigenvalue weighted by molar-refractivity contribution is 5.72. The number of carbonyl (C=O) groups is 2. The summed E-state index contributed by atoms with van der Waals surface area (Å²) in [6, 6.07) is 0.516. The first-order chi connectivity index (χ1) is 13.7. The highest BCUT2D eigenvalue weighted by Crippen LogP contribution is 2.32. The van der Waals surface area contributed by atoms with Crippen LogP contribution in [0.2, 0.25) is 0 Å². The van der Waals surface area contributed by atoms with Crippen LogP contribution in [0.1, 0.15) is 78.0 Å². The van der Waals surface area contributed by atoms with E-state index in [1.807, 2.05) is 27.1 Å². The summed E-state index contributed by atoms with van der Waals surface area (Å²) < 4.78 is 12.4.